The lowest BCUT2D eigenvalue weighted by Crippen LogP contribution is -2.38. The summed E-state index contributed by atoms with van der Waals surface area (Å²) in [5.74, 6) is 0.0877. The zero-order valence-electron chi connectivity index (χ0n) is 15.1. The molecule has 7 heteroatoms. The van der Waals surface area contributed by atoms with Crippen molar-refractivity contribution in [3.8, 4) is 0 Å². The number of ether oxygens (including phenoxy) is 1. The fraction of sp³-hybridized carbons (Fsp3) is 0.611. The molecule has 0 saturated carbocycles. The molecule has 1 aromatic rings. The first kappa shape index (κ1) is 21.8. The molecule has 1 rings (SSSR count). The van der Waals surface area contributed by atoms with E-state index in [1.54, 1.807) is 20.8 Å². The first-order valence-corrected chi connectivity index (χ1v) is 8.92. The van der Waals surface area contributed by atoms with Gasteiger partial charge in [-0.25, -0.2) is 4.79 Å². The molecule has 1 N–H and O–H groups in total. The molecule has 0 aliphatic heterocycles. The van der Waals surface area contributed by atoms with Gasteiger partial charge in [-0.3, -0.25) is 0 Å². The molecule has 0 aromatic heterocycles. The number of carbonyl (C=O) groups excluding carboxylic acids is 1. The van der Waals surface area contributed by atoms with Crippen molar-refractivity contribution in [3.63, 3.8) is 0 Å². The Hall–Kier alpha value is -1.24. The van der Waals surface area contributed by atoms with Gasteiger partial charge in [-0.05, 0) is 70.2 Å². The van der Waals surface area contributed by atoms with Crippen LogP contribution < -0.4 is 5.32 Å². The van der Waals surface area contributed by atoms with Crippen LogP contribution in [0.25, 0.3) is 0 Å². The van der Waals surface area contributed by atoms with E-state index >= 15 is 0 Å². The van der Waals surface area contributed by atoms with Gasteiger partial charge < -0.3 is 10.1 Å². The molecule has 25 heavy (non-hydrogen) atoms. The summed E-state index contributed by atoms with van der Waals surface area (Å²) in [5, 5.41) is 2.75. The molecule has 0 aliphatic carbocycles. The highest BCUT2D eigenvalue weighted by Gasteiger charge is 2.31. The molecule has 1 aromatic carbocycles. The number of hydrogen-bond acceptors (Lipinski definition) is 2. The summed E-state index contributed by atoms with van der Waals surface area (Å²) in [5.41, 5.74) is -0.622. The fourth-order valence-electron chi connectivity index (χ4n) is 2.54. The standard InChI is InChI=1S/C18H25BrF3NO2/c1-11(8-12(2)23-16(24)25-17(3,4)5)9-13-10-14(18(20,21)22)6-7-15(13)19/h6-7,10-12H,8-9H2,1-5H3,(H,23,24). The van der Waals surface area contributed by atoms with Crippen molar-refractivity contribution in [1.29, 1.82) is 0 Å². The van der Waals surface area contributed by atoms with E-state index < -0.39 is 23.4 Å². The van der Waals surface area contributed by atoms with Gasteiger partial charge in [-0.15, -0.1) is 0 Å². The molecule has 0 fully saturated rings. The summed E-state index contributed by atoms with van der Waals surface area (Å²) in [4.78, 5) is 11.8. The summed E-state index contributed by atoms with van der Waals surface area (Å²) in [6.45, 7) is 9.14. The van der Waals surface area contributed by atoms with Gasteiger partial charge in [-0.1, -0.05) is 22.9 Å². The van der Waals surface area contributed by atoms with Crippen LogP contribution in [0.15, 0.2) is 22.7 Å². The molecule has 142 valence electrons. The van der Waals surface area contributed by atoms with E-state index in [0.29, 0.717) is 22.9 Å². The number of alkyl carbamates (subject to hydrolysis) is 1. The Balaban J connectivity index is 2.65. The lowest BCUT2D eigenvalue weighted by atomic mass is 9.94. The first-order chi connectivity index (χ1) is 11.3. The van der Waals surface area contributed by atoms with Gasteiger partial charge in [0.25, 0.3) is 0 Å². The van der Waals surface area contributed by atoms with Crippen LogP contribution in [0.2, 0.25) is 0 Å². The summed E-state index contributed by atoms with van der Waals surface area (Å²) >= 11 is 3.31. The lowest BCUT2D eigenvalue weighted by Gasteiger charge is -2.23. The van der Waals surface area contributed by atoms with Crippen LogP contribution in [0.5, 0.6) is 0 Å². The maximum atomic E-state index is 12.8. The summed E-state index contributed by atoms with van der Waals surface area (Å²) in [7, 11) is 0. The topological polar surface area (TPSA) is 38.3 Å². The number of carbonyl (C=O) groups is 1. The molecule has 0 spiro atoms. The lowest BCUT2D eigenvalue weighted by molar-refractivity contribution is -0.137. The van der Waals surface area contributed by atoms with Crippen LogP contribution in [0.4, 0.5) is 18.0 Å². The zero-order valence-corrected chi connectivity index (χ0v) is 16.7. The zero-order chi connectivity index (χ0) is 19.4. The van der Waals surface area contributed by atoms with Crippen molar-refractivity contribution in [2.45, 2.75) is 65.3 Å². The largest absolute Gasteiger partial charge is 0.444 e. The van der Waals surface area contributed by atoms with Crippen molar-refractivity contribution in [2.75, 3.05) is 0 Å². The van der Waals surface area contributed by atoms with Crippen LogP contribution in [-0.2, 0) is 17.3 Å². The highest BCUT2D eigenvalue weighted by molar-refractivity contribution is 9.10. The quantitative estimate of drug-likeness (QED) is 0.635. The van der Waals surface area contributed by atoms with Crippen LogP contribution in [0, 0.1) is 5.92 Å². The monoisotopic (exact) mass is 423 g/mol. The van der Waals surface area contributed by atoms with E-state index in [1.165, 1.54) is 12.1 Å². The average Bonchev–Trinajstić information content (AvgIpc) is 2.36. The highest BCUT2D eigenvalue weighted by atomic mass is 79.9. The fourth-order valence-corrected chi connectivity index (χ4v) is 2.95. The molecule has 3 nitrogen and oxygen atoms in total. The molecule has 0 heterocycles. The average molecular weight is 424 g/mol. The van der Waals surface area contributed by atoms with E-state index in [4.69, 9.17) is 4.74 Å². The van der Waals surface area contributed by atoms with E-state index in [9.17, 15) is 18.0 Å². The summed E-state index contributed by atoms with van der Waals surface area (Å²) in [6, 6.07) is 3.51. The van der Waals surface area contributed by atoms with Crippen LogP contribution in [0.3, 0.4) is 0 Å². The normalized spacial score (nSPS) is 14.8. The van der Waals surface area contributed by atoms with Crippen molar-refractivity contribution in [3.05, 3.63) is 33.8 Å². The number of rotatable bonds is 5. The third kappa shape index (κ3) is 8.12. The predicted molar refractivity (Wildman–Crippen MR) is 95.5 cm³/mol. The maximum Gasteiger partial charge on any atom is 0.416 e. The maximum absolute atomic E-state index is 12.8. The molecule has 0 bridgehead atoms. The Morgan fingerprint density at radius 2 is 1.84 bits per heavy atom. The van der Waals surface area contributed by atoms with Gasteiger partial charge in [0, 0.05) is 10.5 Å². The van der Waals surface area contributed by atoms with Crippen molar-refractivity contribution < 1.29 is 22.7 Å². The van der Waals surface area contributed by atoms with Gasteiger partial charge >= 0.3 is 12.3 Å². The van der Waals surface area contributed by atoms with Crippen molar-refractivity contribution in [2.24, 2.45) is 5.92 Å². The third-order valence-electron chi connectivity index (χ3n) is 3.46. The smallest absolute Gasteiger partial charge is 0.416 e. The molecule has 2 unspecified atom stereocenters. The van der Waals surface area contributed by atoms with Gasteiger partial charge in [0.15, 0.2) is 0 Å². The first-order valence-electron chi connectivity index (χ1n) is 8.13. The molecule has 2 atom stereocenters. The minimum Gasteiger partial charge on any atom is -0.444 e. The SMILES string of the molecule is CC(Cc1cc(C(F)(F)F)ccc1Br)CC(C)NC(=O)OC(C)(C)C. The second-order valence-corrected chi connectivity index (χ2v) is 8.25. The number of amides is 1. The molecular formula is C18H25BrF3NO2. The number of benzene rings is 1. The number of alkyl halides is 3. The molecule has 0 saturated heterocycles. The van der Waals surface area contributed by atoms with Gasteiger partial charge in [0.2, 0.25) is 0 Å². The van der Waals surface area contributed by atoms with Gasteiger partial charge in [0.05, 0.1) is 5.56 Å². The second kappa shape index (κ2) is 8.43. The second-order valence-electron chi connectivity index (χ2n) is 7.40. The molecule has 1 amide bonds. The molecule has 0 radical (unpaired) electrons. The van der Waals surface area contributed by atoms with Crippen molar-refractivity contribution in [1.82, 2.24) is 5.32 Å². The van der Waals surface area contributed by atoms with E-state index in [0.717, 1.165) is 6.07 Å². The summed E-state index contributed by atoms with van der Waals surface area (Å²) < 4.78 is 44.4. The molecule has 0 aliphatic rings. The van der Waals surface area contributed by atoms with Crippen LogP contribution in [0.1, 0.15) is 52.2 Å². The minimum absolute atomic E-state index is 0.0877. The predicted octanol–water partition coefficient (Wildman–Crippen LogP) is 5.95. The number of halogens is 4. The number of nitrogens with one attached hydrogen (secondary N) is 1. The van der Waals surface area contributed by atoms with E-state index in [1.807, 2.05) is 13.8 Å². The van der Waals surface area contributed by atoms with E-state index in [-0.39, 0.29) is 12.0 Å². The number of hydrogen-bond donors (Lipinski definition) is 1. The third-order valence-corrected chi connectivity index (χ3v) is 4.23. The van der Waals surface area contributed by atoms with Crippen LogP contribution >= 0.6 is 15.9 Å². The molecular weight excluding hydrogens is 399 g/mol. The van der Waals surface area contributed by atoms with Gasteiger partial charge in [-0.2, -0.15) is 13.2 Å². The van der Waals surface area contributed by atoms with Gasteiger partial charge in [0.1, 0.15) is 5.60 Å². The highest BCUT2D eigenvalue weighted by Crippen LogP contribution is 2.33. The van der Waals surface area contributed by atoms with Crippen LogP contribution in [-0.4, -0.2) is 17.7 Å². The van der Waals surface area contributed by atoms with Crippen molar-refractivity contribution >= 4 is 22.0 Å². The summed E-state index contributed by atoms with van der Waals surface area (Å²) in [6.07, 6.45) is -3.75. The van der Waals surface area contributed by atoms with E-state index in [2.05, 4.69) is 21.2 Å². The minimum atomic E-state index is -4.36. The Morgan fingerprint density at radius 1 is 1.24 bits per heavy atom. The Bertz CT molecular complexity index is 597. The Kier molecular flexibility index (Phi) is 7.35. The Labute approximate surface area is 155 Å². The Morgan fingerprint density at radius 3 is 2.36 bits per heavy atom.